The number of hydrogen-bond donors (Lipinski definition) is 3. The van der Waals surface area contributed by atoms with Crippen molar-refractivity contribution in [1.29, 1.82) is 0 Å². The number of rotatable bonds is 6. The topological polar surface area (TPSA) is 96.4 Å². The highest BCUT2D eigenvalue weighted by molar-refractivity contribution is 5.99. The summed E-state index contributed by atoms with van der Waals surface area (Å²) in [7, 11) is 1.79. The summed E-state index contributed by atoms with van der Waals surface area (Å²) in [4.78, 5) is 13.7. The van der Waals surface area contributed by atoms with E-state index in [-0.39, 0.29) is 6.61 Å². The Labute approximate surface area is 118 Å². The Morgan fingerprint density at radius 3 is 2.95 bits per heavy atom. The minimum atomic E-state index is -0.479. The molecule has 0 bridgehead atoms. The molecule has 1 aromatic heterocycles. The number of hydrogen-bond acceptors (Lipinski definition) is 5. The lowest BCUT2D eigenvalue weighted by molar-refractivity contribution is 0.1000. The summed E-state index contributed by atoms with van der Waals surface area (Å²) >= 11 is 0. The van der Waals surface area contributed by atoms with E-state index in [1.165, 1.54) is 0 Å². The first-order chi connectivity index (χ1) is 9.54. The van der Waals surface area contributed by atoms with Crippen LogP contribution in [0.2, 0.25) is 0 Å². The number of anilines is 1. The van der Waals surface area contributed by atoms with Crippen LogP contribution in [0.5, 0.6) is 0 Å². The molecule has 0 aliphatic carbocycles. The summed E-state index contributed by atoms with van der Waals surface area (Å²) in [6.45, 7) is 4.01. The van der Waals surface area contributed by atoms with Crippen molar-refractivity contribution in [3.05, 3.63) is 11.3 Å². The zero-order chi connectivity index (χ0) is 14.7. The number of carbonyl (C=O) groups is 1. The second-order valence-corrected chi connectivity index (χ2v) is 5.23. The molecule has 1 atom stereocenters. The smallest absolute Gasteiger partial charge is 0.254 e. The Morgan fingerprint density at radius 2 is 2.40 bits per heavy atom. The lowest BCUT2D eigenvalue weighted by atomic mass is 10.2. The molecule has 2 rings (SSSR count). The first kappa shape index (κ1) is 14.8. The van der Waals surface area contributed by atoms with Gasteiger partial charge in [0.25, 0.3) is 5.91 Å². The van der Waals surface area contributed by atoms with Crippen LogP contribution in [0.4, 0.5) is 5.82 Å². The Balaban J connectivity index is 2.30. The number of primary amides is 1. The Hall–Kier alpha value is -1.60. The summed E-state index contributed by atoms with van der Waals surface area (Å²) in [6, 6.07) is 0.373. The summed E-state index contributed by atoms with van der Waals surface area (Å²) < 4.78 is 1.67. The predicted octanol–water partition coefficient (Wildman–Crippen LogP) is -0.622. The number of amides is 1. The number of aryl methyl sites for hydroxylation is 2. The molecule has 1 aliphatic heterocycles. The van der Waals surface area contributed by atoms with Gasteiger partial charge in [-0.05, 0) is 26.3 Å². The van der Waals surface area contributed by atoms with Crippen LogP contribution < -0.4 is 16.0 Å². The molecule has 4 N–H and O–H groups in total. The van der Waals surface area contributed by atoms with Crippen molar-refractivity contribution in [3.63, 3.8) is 0 Å². The van der Waals surface area contributed by atoms with Crippen LogP contribution in [0.3, 0.4) is 0 Å². The number of carbonyl (C=O) groups excluding carboxylic acids is 1. The van der Waals surface area contributed by atoms with Gasteiger partial charge in [0, 0.05) is 26.2 Å². The fourth-order valence-electron chi connectivity index (χ4n) is 2.88. The monoisotopic (exact) mass is 281 g/mol. The number of nitrogens with two attached hydrogens (primary N) is 1. The standard InChI is InChI=1S/C13H23N5O2/c1-9-11(12(14)20)13(17(2)16-9)18(6-7-19)8-10-4-3-5-15-10/h10,15,19H,3-8H2,1-2H3,(H2,14,20). The van der Waals surface area contributed by atoms with Crippen LogP contribution in [0, 0.1) is 6.92 Å². The third-order valence-corrected chi connectivity index (χ3v) is 3.71. The molecule has 0 spiro atoms. The molecule has 1 aliphatic rings. The summed E-state index contributed by atoms with van der Waals surface area (Å²) in [5.74, 6) is 0.214. The average Bonchev–Trinajstić information content (AvgIpc) is 2.96. The molecule has 1 unspecified atom stereocenters. The highest BCUT2D eigenvalue weighted by Gasteiger charge is 2.25. The van der Waals surface area contributed by atoms with Gasteiger partial charge in [-0.25, -0.2) is 0 Å². The maximum Gasteiger partial charge on any atom is 0.254 e. The number of aromatic nitrogens is 2. The van der Waals surface area contributed by atoms with E-state index in [1.54, 1.807) is 18.7 Å². The molecule has 0 saturated carbocycles. The molecule has 7 heteroatoms. The molecule has 1 amide bonds. The SMILES string of the molecule is Cc1nn(C)c(N(CCO)CC2CCCN2)c1C(N)=O. The fourth-order valence-corrected chi connectivity index (χ4v) is 2.88. The van der Waals surface area contributed by atoms with E-state index in [9.17, 15) is 9.90 Å². The van der Waals surface area contributed by atoms with E-state index >= 15 is 0 Å². The van der Waals surface area contributed by atoms with Crippen molar-refractivity contribution in [1.82, 2.24) is 15.1 Å². The Kier molecular flexibility index (Phi) is 4.61. The number of aliphatic hydroxyl groups is 1. The van der Waals surface area contributed by atoms with Crippen molar-refractivity contribution in [3.8, 4) is 0 Å². The maximum atomic E-state index is 11.7. The molecule has 20 heavy (non-hydrogen) atoms. The van der Waals surface area contributed by atoms with Crippen molar-refractivity contribution in [2.45, 2.75) is 25.8 Å². The summed E-state index contributed by atoms with van der Waals surface area (Å²) in [6.07, 6.45) is 2.26. The Morgan fingerprint density at radius 1 is 1.65 bits per heavy atom. The van der Waals surface area contributed by atoms with Crippen LogP contribution in [-0.4, -0.2) is 53.1 Å². The van der Waals surface area contributed by atoms with Gasteiger partial charge in [-0.1, -0.05) is 0 Å². The van der Waals surface area contributed by atoms with E-state index in [0.29, 0.717) is 29.7 Å². The van der Waals surface area contributed by atoms with Crippen LogP contribution in [-0.2, 0) is 7.05 Å². The predicted molar refractivity (Wildman–Crippen MR) is 76.8 cm³/mol. The second-order valence-electron chi connectivity index (χ2n) is 5.23. The lowest BCUT2D eigenvalue weighted by Gasteiger charge is -2.27. The van der Waals surface area contributed by atoms with Gasteiger partial charge >= 0.3 is 0 Å². The van der Waals surface area contributed by atoms with Gasteiger partial charge in [0.2, 0.25) is 0 Å². The molecule has 1 fully saturated rings. The second kappa shape index (κ2) is 6.23. The molecule has 1 saturated heterocycles. The molecular weight excluding hydrogens is 258 g/mol. The van der Waals surface area contributed by atoms with Gasteiger partial charge in [0.15, 0.2) is 0 Å². The molecular formula is C13H23N5O2. The largest absolute Gasteiger partial charge is 0.395 e. The summed E-state index contributed by atoms with van der Waals surface area (Å²) in [5.41, 5.74) is 6.54. The van der Waals surface area contributed by atoms with E-state index < -0.39 is 5.91 Å². The number of nitrogens with one attached hydrogen (secondary N) is 1. The zero-order valence-electron chi connectivity index (χ0n) is 12.1. The molecule has 1 aromatic rings. The van der Waals surface area contributed by atoms with E-state index in [4.69, 9.17) is 5.73 Å². The van der Waals surface area contributed by atoms with Crippen LogP contribution in [0.1, 0.15) is 28.9 Å². The van der Waals surface area contributed by atoms with Gasteiger partial charge in [0.1, 0.15) is 11.4 Å². The van der Waals surface area contributed by atoms with Crippen LogP contribution in [0.25, 0.3) is 0 Å². The average molecular weight is 281 g/mol. The van der Waals surface area contributed by atoms with Gasteiger partial charge in [-0.2, -0.15) is 5.10 Å². The van der Waals surface area contributed by atoms with Crippen LogP contribution in [0.15, 0.2) is 0 Å². The van der Waals surface area contributed by atoms with Gasteiger partial charge < -0.3 is 21.1 Å². The first-order valence-corrected chi connectivity index (χ1v) is 6.97. The maximum absolute atomic E-state index is 11.7. The van der Waals surface area contributed by atoms with Gasteiger partial charge in [0.05, 0.1) is 12.3 Å². The minimum Gasteiger partial charge on any atom is -0.395 e. The molecule has 0 radical (unpaired) electrons. The number of aliphatic hydroxyl groups excluding tert-OH is 1. The molecule has 112 valence electrons. The number of nitrogens with zero attached hydrogens (tertiary/aromatic N) is 3. The molecule has 2 heterocycles. The van der Waals surface area contributed by atoms with Gasteiger partial charge in [-0.3, -0.25) is 9.48 Å². The highest BCUT2D eigenvalue weighted by Crippen LogP contribution is 2.23. The lowest BCUT2D eigenvalue weighted by Crippen LogP contribution is -2.40. The van der Waals surface area contributed by atoms with Crippen molar-refractivity contribution in [2.75, 3.05) is 31.1 Å². The fraction of sp³-hybridized carbons (Fsp3) is 0.692. The van der Waals surface area contributed by atoms with E-state index in [0.717, 1.165) is 25.9 Å². The van der Waals surface area contributed by atoms with Gasteiger partial charge in [-0.15, -0.1) is 0 Å². The van der Waals surface area contributed by atoms with Crippen molar-refractivity contribution < 1.29 is 9.90 Å². The third-order valence-electron chi connectivity index (χ3n) is 3.71. The van der Waals surface area contributed by atoms with Crippen molar-refractivity contribution >= 4 is 11.7 Å². The normalized spacial score (nSPS) is 18.4. The third kappa shape index (κ3) is 2.94. The quantitative estimate of drug-likeness (QED) is 0.645. The first-order valence-electron chi connectivity index (χ1n) is 6.97. The molecule has 7 nitrogen and oxygen atoms in total. The zero-order valence-corrected chi connectivity index (χ0v) is 12.1. The highest BCUT2D eigenvalue weighted by atomic mass is 16.3. The minimum absolute atomic E-state index is 0.0230. The summed E-state index contributed by atoms with van der Waals surface area (Å²) in [5, 5.41) is 17.0. The molecule has 0 aromatic carbocycles. The van der Waals surface area contributed by atoms with Crippen LogP contribution >= 0.6 is 0 Å². The van der Waals surface area contributed by atoms with E-state index in [1.807, 2.05) is 4.90 Å². The van der Waals surface area contributed by atoms with Crippen molar-refractivity contribution in [2.24, 2.45) is 12.8 Å². The van der Waals surface area contributed by atoms with E-state index in [2.05, 4.69) is 10.4 Å². The Bertz CT molecular complexity index is 479.